The molecule has 2 unspecified atom stereocenters. The fraction of sp³-hybridized carbons (Fsp3) is 0.947. The van der Waals surface area contributed by atoms with Gasteiger partial charge in [-0.25, -0.2) is 9.13 Å². The molecule has 95 heavy (non-hydrogen) atoms. The van der Waals surface area contributed by atoms with Crippen LogP contribution in [0.15, 0.2) is 0 Å². The highest BCUT2D eigenvalue weighted by Gasteiger charge is 2.30. The maximum absolute atomic E-state index is 13.1. The monoisotopic (exact) mass is 1400 g/mol. The number of phosphoric ester groups is 2. The average Bonchev–Trinajstić information content (AvgIpc) is 1.46. The third-order valence-electron chi connectivity index (χ3n) is 17.7. The largest absolute Gasteiger partial charge is 0.472 e. The highest BCUT2D eigenvalue weighted by atomic mass is 31.2. The molecular weight excluding hydrogens is 1250 g/mol. The van der Waals surface area contributed by atoms with Gasteiger partial charge in [0.2, 0.25) is 0 Å². The van der Waals surface area contributed by atoms with E-state index in [-0.39, 0.29) is 25.7 Å². The van der Waals surface area contributed by atoms with Crippen LogP contribution < -0.4 is 0 Å². The Bertz CT molecular complexity index is 1840. The highest BCUT2D eigenvalue weighted by Crippen LogP contribution is 2.45. The van der Waals surface area contributed by atoms with Crippen LogP contribution in [0.4, 0.5) is 0 Å². The number of carbonyl (C=O) groups excluding carboxylic acids is 4. The topological polar surface area (TPSA) is 237 Å². The summed E-state index contributed by atoms with van der Waals surface area (Å²) in [5.41, 5.74) is 0. The van der Waals surface area contributed by atoms with E-state index in [1.807, 2.05) is 0 Å². The van der Waals surface area contributed by atoms with Crippen LogP contribution in [0.5, 0.6) is 0 Å². The average molecular weight is 1400 g/mol. The molecule has 0 amide bonds. The van der Waals surface area contributed by atoms with Crippen molar-refractivity contribution in [2.75, 3.05) is 39.6 Å². The number of ether oxygens (including phenoxy) is 4. The first-order valence-electron chi connectivity index (χ1n) is 39.5. The maximum Gasteiger partial charge on any atom is 0.472 e. The molecule has 0 aliphatic heterocycles. The predicted octanol–water partition coefficient (Wildman–Crippen LogP) is 22.3. The van der Waals surface area contributed by atoms with Crippen molar-refractivity contribution >= 4 is 39.5 Å². The number of esters is 4. The van der Waals surface area contributed by atoms with Crippen molar-refractivity contribution in [2.24, 2.45) is 11.8 Å². The van der Waals surface area contributed by atoms with Gasteiger partial charge >= 0.3 is 39.5 Å². The van der Waals surface area contributed by atoms with Crippen LogP contribution >= 0.6 is 15.6 Å². The lowest BCUT2D eigenvalue weighted by molar-refractivity contribution is -0.161. The number of rotatable bonds is 75. The second-order valence-corrected chi connectivity index (χ2v) is 31.3. The van der Waals surface area contributed by atoms with Gasteiger partial charge in [-0.2, -0.15) is 0 Å². The van der Waals surface area contributed by atoms with Crippen LogP contribution in [0, 0.1) is 11.8 Å². The van der Waals surface area contributed by atoms with Crippen LogP contribution in [0.1, 0.15) is 395 Å². The summed E-state index contributed by atoms with van der Waals surface area (Å²) in [6.07, 6.45) is 55.5. The second-order valence-electron chi connectivity index (χ2n) is 28.3. The first-order valence-corrected chi connectivity index (χ1v) is 42.5. The lowest BCUT2D eigenvalue weighted by atomic mass is 10.0. The molecule has 0 saturated carbocycles. The van der Waals surface area contributed by atoms with Gasteiger partial charge < -0.3 is 33.8 Å². The number of unbranched alkanes of at least 4 members (excludes halogenated alkanes) is 45. The van der Waals surface area contributed by atoms with Gasteiger partial charge in [-0.15, -0.1) is 0 Å². The van der Waals surface area contributed by atoms with Gasteiger partial charge in [-0.05, 0) is 37.5 Å². The minimum Gasteiger partial charge on any atom is -0.462 e. The Morgan fingerprint density at radius 2 is 0.484 bits per heavy atom. The molecule has 0 aliphatic carbocycles. The smallest absolute Gasteiger partial charge is 0.462 e. The summed E-state index contributed by atoms with van der Waals surface area (Å²) >= 11 is 0. The molecule has 0 saturated heterocycles. The number of hydrogen-bond donors (Lipinski definition) is 3. The summed E-state index contributed by atoms with van der Waals surface area (Å²) in [6, 6.07) is 0. The van der Waals surface area contributed by atoms with E-state index in [4.69, 9.17) is 37.0 Å². The molecule has 0 bridgehead atoms. The SMILES string of the molecule is CCCCCCCCCCCCCCCCCCCCC(=O)O[C@H](COC(=O)CCCCCCCCCCCCCCC(C)C)COP(=O)(O)OC[C@@H](O)COP(=O)(O)OC[C@@H](COC(=O)CCCCCCCCCC)OC(=O)CCCCCCCCCCCCCC(C)C. The quantitative estimate of drug-likeness (QED) is 0.0222. The molecule has 0 heterocycles. The summed E-state index contributed by atoms with van der Waals surface area (Å²) in [4.78, 5) is 72.7. The van der Waals surface area contributed by atoms with E-state index in [0.29, 0.717) is 25.7 Å². The third kappa shape index (κ3) is 70.3. The van der Waals surface area contributed by atoms with Crippen molar-refractivity contribution < 1.29 is 80.2 Å². The normalized spacial score (nSPS) is 14.0. The molecule has 5 atom stereocenters. The molecule has 3 N–H and O–H groups in total. The van der Waals surface area contributed by atoms with E-state index in [2.05, 4.69) is 41.5 Å². The molecule has 0 aromatic rings. The number of phosphoric acid groups is 2. The van der Waals surface area contributed by atoms with E-state index in [1.165, 1.54) is 205 Å². The minimum atomic E-state index is -4.96. The van der Waals surface area contributed by atoms with Gasteiger partial charge in [0.1, 0.15) is 19.3 Å². The van der Waals surface area contributed by atoms with Gasteiger partial charge in [0.15, 0.2) is 12.2 Å². The van der Waals surface area contributed by atoms with Crippen LogP contribution in [0.2, 0.25) is 0 Å². The first kappa shape index (κ1) is 93.1. The molecule has 0 aromatic heterocycles. The standard InChI is InChI=1S/C76H148O17P2/c1-7-9-11-13-15-17-18-19-20-21-22-23-24-31-36-42-48-54-60-75(80)93-72(65-87-74(79)59-53-47-41-35-30-26-25-28-33-38-44-50-56-68(3)4)67-91-95(84,85)89-63-70(77)62-88-94(82,83)90-66-71(64-86-73(78)58-52-46-40-16-14-12-10-8-2)92-76(81)61-55-49-43-37-32-27-29-34-39-45-51-57-69(5)6/h68-72,77H,7-67H2,1-6H3,(H,82,83)(H,84,85)/t70-,71+,72+/m0/s1. The molecular formula is C76H148O17P2. The van der Waals surface area contributed by atoms with Crippen molar-refractivity contribution in [3.8, 4) is 0 Å². The Morgan fingerprint density at radius 1 is 0.284 bits per heavy atom. The van der Waals surface area contributed by atoms with Crippen molar-refractivity contribution in [1.82, 2.24) is 0 Å². The molecule has 19 heteroatoms. The zero-order chi connectivity index (χ0) is 70.0. The molecule has 0 aliphatic rings. The summed E-state index contributed by atoms with van der Waals surface area (Å²) in [6.45, 7) is 9.59. The number of aliphatic hydroxyl groups excluding tert-OH is 1. The zero-order valence-corrected chi connectivity index (χ0v) is 63.8. The van der Waals surface area contributed by atoms with Crippen molar-refractivity contribution in [3.05, 3.63) is 0 Å². The molecule has 564 valence electrons. The van der Waals surface area contributed by atoms with Crippen molar-refractivity contribution in [3.63, 3.8) is 0 Å². The Labute approximate surface area is 581 Å². The molecule has 0 spiro atoms. The fourth-order valence-electron chi connectivity index (χ4n) is 11.7. The second kappa shape index (κ2) is 67.9. The van der Waals surface area contributed by atoms with Crippen molar-refractivity contribution in [1.29, 1.82) is 0 Å². The highest BCUT2D eigenvalue weighted by molar-refractivity contribution is 7.47. The van der Waals surface area contributed by atoms with Crippen LogP contribution in [0.3, 0.4) is 0 Å². The summed E-state index contributed by atoms with van der Waals surface area (Å²) in [5, 5.41) is 10.6. The van der Waals surface area contributed by atoms with E-state index in [0.717, 1.165) is 108 Å². The Morgan fingerprint density at radius 3 is 0.716 bits per heavy atom. The van der Waals surface area contributed by atoms with Crippen molar-refractivity contribution in [2.45, 2.75) is 413 Å². The maximum atomic E-state index is 13.1. The van der Waals surface area contributed by atoms with Gasteiger partial charge in [0.25, 0.3) is 0 Å². The van der Waals surface area contributed by atoms with Crippen LogP contribution in [-0.4, -0.2) is 96.7 Å². The van der Waals surface area contributed by atoms with Gasteiger partial charge in [0.05, 0.1) is 26.4 Å². The fourth-order valence-corrected chi connectivity index (χ4v) is 13.2. The van der Waals surface area contributed by atoms with Crippen LogP contribution in [0.25, 0.3) is 0 Å². The van der Waals surface area contributed by atoms with E-state index < -0.39 is 97.5 Å². The Kier molecular flexibility index (Phi) is 66.5. The van der Waals surface area contributed by atoms with Gasteiger partial charge in [-0.3, -0.25) is 37.3 Å². The summed E-state index contributed by atoms with van der Waals surface area (Å²) < 4.78 is 68.5. The lowest BCUT2D eigenvalue weighted by Gasteiger charge is -2.21. The summed E-state index contributed by atoms with van der Waals surface area (Å²) in [7, 11) is -9.91. The van der Waals surface area contributed by atoms with Gasteiger partial charge in [-0.1, -0.05) is 343 Å². The Hall–Kier alpha value is -1.94. The predicted molar refractivity (Wildman–Crippen MR) is 386 cm³/mol. The van der Waals surface area contributed by atoms with E-state index in [1.54, 1.807) is 0 Å². The third-order valence-corrected chi connectivity index (χ3v) is 19.6. The molecule has 0 aromatic carbocycles. The number of aliphatic hydroxyl groups is 1. The molecule has 0 rings (SSSR count). The molecule has 17 nitrogen and oxygen atoms in total. The van der Waals surface area contributed by atoms with E-state index >= 15 is 0 Å². The van der Waals surface area contributed by atoms with E-state index in [9.17, 15) is 43.2 Å². The minimum absolute atomic E-state index is 0.106. The van der Waals surface area contributed by atoms with Gasteiger partial charge in [0, 0.05) is 25.7 Å². The Balaban J connectivity index is 5.21. The number of hydrogen-bond acceptors (Lipinski definition) is 15. The summed E-state index contributed by atoms with van der Waals surface area (Å²) in [5.74, 6) is -0.570. The molecule has 0 radical (unpaired) electrons. The van der Waals surface area contributed by atoms with Crippen LogP contribution in [-0.2, 0) is 65.4 Å². The molecule has 0 fully saturated rings. The zero-order valence-electron chi connectivity index (χ0n) is 62.0. The first-order chi connectivity index (χ1) is 45.9. The lowest BCUT2D eigenvalue weighted by Crippen LogP contribution is -2.30. The number of carbonyl (C=O) groups is 4.